The quantitative estimate of drug-likeness (QED) is 0.211. The van der Waals surface area contributed by atoms with Crippen LogP contribution in [0.1, 0.15) is 21.5 Å². The molecule has 6 nitrogen and oxygen atoms in total. The van der Waals surface area contributed by atoms with Crippen LogP contribution >= 0.6 is 0 Å². The lowest BCUT2D eigenvalue weighted by molar-refractivity contribution is -0.384. The monoisotopic (exact) mass is 311 g/mol. The first-order chi connectivity index (χ1) is 11.0. The molecule has 0 heterocycles. The van der Waals surface area contributed by atoms with Crippen molar-refractivity contribution in [2.24, 2.45) is 0 Å². The molecular formula is C17H13NO5. The van der Waals surface area contributed by atoms with Gasteiger partial charge in [-0.2, -0.15) is 0 Å². The molecule has 0 fully saturated rings. The highest BCUT2D eigenvalue weighted by Crippen LogP contribution is 2.23. The van der Waals surface area contributed by atoms with Crippen LogP contribution in [0, 0.1) is 17.0 Å². The molecule has 0 unspecified atom stereocenters. The molecule has 2 rings (SSSR count). The van der Waals surface area contributed by atoms with Crippen molar-refractivity contribution in [2.75, 3.05) is 0 Å². The van der Waals surface area contributed by atoms with Crippen LogP contribution in [0.3, 0.4) is 0 Å². The van der Waals surface area contributed by atoms with Crippen molar-refractivity contribution in [1.29, 1.82) is 0 Å². The van der Waals surface area contributed by atoms with Crippen LogP contribution < -0.4 is 4.74 Å². The molecule has 0 saturated carbocycles. The maximum absolute atomic E-state index is 11.8. The van der Waals surface area contributed by atoms with Crippen LogP contribution in [0.15, 0.2) is 48.5 Å². The van der Waals surface area contributed by atoms with E-state index in [0.29, 0.717) is 6.29 Å². The lowest BCUT2D eigenvalue weighted by Gasteiger charge is -2.04. The molecule has 116 valence electrons. The number of carbonyl (C=O) groups excluding carboxylic acids is 2. The highest BCUT2D eigenvalue weighted by atomic mass is 16.6. The summed E-state index contributed by atoms with van der Waals surface area (Å²) in [5, 5.41) is 10.7. The van der Waals surface area contributed by atoms with Gasteiger partial charge in [0.2, 0.25) is 0 Å². The van der Waals surface area contributed by atoms with Crippen LogP contribution in [-0.2, 0) is 4.79 Å². The van der Waals surface area contributed by atoms with Crippen LogP contribution in [0.2, 0.25) is 0 Å². The fourth-order valence-corrected chi connectivity index (χ4v) is 1.82. The Labute approximate surface area is 132 Å². The van der Waals surface area contributed by atoms with Crippen molar-refractivity contribution in [1.82, 2.24) is 0 Å². The summed E-state index contributed by atoms with van der Waals surface area (Å²) in [7, 11) is 0. The first-order valence-corrected chi connectivity index (χ1v) is 6.70. The minimum absolute atomic E-state index is 0.0239. The second-order valence-corrected chi connectivity index (χ2v) is 4.76. The average Bonchev–Trinajstić information content (AvgIpc) is 2.54. The van der Waals surface area contributed by atoms with Crippen LogP contribution in [0.25, 0.3) is 6.08 Å². The van der Waals surface area contributed by atoms with Gasteiger partial charge in [0, 0.05) is 18.2 Å². The number of ether oxygens (including phenoxy) is 1. The Morgan fingerprint density at radius 3 is 2.48 bits per heavy atom. The molecule has 0 atom stereocenters. The lowest BCUT2D eigenvalue weighted by Crippen LogP contribution is -2.06. The number of aldehydes is 1. The summed E-state index contributed by atoms with van der Waals surface area (Å²) in [6, 6.07) is 11.0. The molecule has 0 spiro atoms. The van der Waals surface area contributed by atoms with Crippen molar-refractivity contribution in [3.8, 4) is 5.75 Å². The Bertz CT molecular complexity index is 778. The van der Waals surface area contributed by atoms with Crippen molar-refractivity contribution < 1.29 is 19.2 Å². The van der Waals surface area contributed by atoms with Crippen molar-refractivity contribution in [2.45, 2.75) is 6.92 Å². The van der Waals surface area contributed by atoms with Gasteiger partial charge >= 0.3 is 5.97 Å². The second kappa shape index (κ2) is 7.13. The molecule has 0 aliphatic carbocycles. The summed E-state index contributed by atoms with van der Waals surface area (Å²) < 4.78 is 5.04. The maximum Gasteiger partial charge on any atom is 0.336 e. The van der Waals surface area contributed by atoms with E-state index in [9.17, 15) is 19.7 Å². The molecule has 0 radical (unpaired) electrons. The molecular weight excluding hydrogens is 298 g/mol. The van der Waals surface area contributed by atoms with E-state index in [2.05, 4.69) is 0 Å². The largest absolute Gasteiger partial charge is 0.423 e. The number of aryl methyl sites for hydroxylation is 1. The number of carbonyl (C=O) groups is 2. The van der Waals surface area contributed by atoms with E-state index in [1.165, 1.54) is 18.2 Å². The van der Waals surface area contributed by atoms with Gasteiger partial charge in [0.05, 0.1) is 10.5 Å². The summed E-state index contributed by atoms with van der Waals surface area (Å²) in [6.45, 7) is 1.96. The molecule has 0 bridgehead atoms. The number of rotatable bonds is 5. The third-order valence-electron chi connectivity index (χ3n) is 3.03. The minimum Gasteiger partial charge on any atom is -0.423 e. The van der Waals surface area contributed by atoms with Gasteiger partial charge in [0.15, 0.2) is 6.29 Å². The standard InChI is InChI=1S/C17H13NO5/c1-12-2-4-13(5-3-12)6-9-17(20)23-16-8-7-15(18(21)22)10-14(16)11-19/h2-11H,1H3/b9-6+. The first-order valence-electron chi connectivity index (χ1n) is 6.70. The molecule has 0 aliphatic rings. The third-order valence-corrected chi connectivity index (χ3v) is 3.03. The highest BCUT2D eigenvalue weighted by Gasteiger charge is 2.13. The molecule has 2 aromatic rings. The van der Waals surface area contributed by atoms with Gasteiger partial charge in [-0.25, -0.2) is 4.79 Å². The number of esters is 1. The van der Waals surface area contributed by atoms with E-state index in [1.807, 2.05) is 31.2 Å². The topological polar surface area (TPSA) is 86.5 Å². The second-order valence-electron chi connectivity index (χ2n) is 4.76. The van der Waals surface area contributed by atoms with Gasteiger partial charge in [-0.3, -0.25) is 14.9 Å². The third kappa shape index (κ3) is 4.34. The number of non-ortho nitro benzene ring substituents is 1. The lowest BCUT2D eigenvalue weighted by atomic mass is 10.1. The zero-order valence-corrected chi connectivity index (χ0v) is 12.3. The van der Waals surface area contributed by atoms with Gasteiger partial charge in [-0.05, 0) is 24.6 Å². The smallest absolute Gasteiger partial charge is 0.336 e. The number of hydrogen-bond acceptors (Lipinski definition) is 5. The Morgan fingerprint density at radius 1 is 1.17 bits per heavy atom. The fourth-order valence-electron chi connectivity index (χ4n) is 1.82. The van der Waals surface area contributed by atoms with E-state index in [0.717, 1.165) is 17.2 Å². The zero-order chi connectivity index (χ0) is 16.8. The SMILES string of the molecule is Cc1ccc(/C=C/C(=O)Oc2ccc([N+](=O)[O-])cc2C=O)cc1. The van der Waals surface area contributed by atoms with Crippen LogP contribution in [0.5, 0.6) is 5.75 Å². The van der Waals surface area contributed by atoms with E-state index in [-0.39, 0.29) is 17.0 Å². The van der Waals surface area contributed by atoms with Crippen molar-refractivity contribution >= 4 is 24.0 Å². The number of benzene rings is 2. The summed E-state index contributed by atoms with van der Waals surface area (Å²) in [6.07, 6.45) is 3.20. The highest BCUT2D eigenvalue weighted by molar-refractivity contribution is 5.90. The maximum atomic E-state index is 11.8. The van der Waals surface area contributed by atoms with Gasteiger partial charge in [-0.15, -0.1) is 0 Å². The predicted octanol–water partition coefficient (Wildman–Crippen LogP) is 3.33. The fraction of sp³-hybridized carbons (Fsp3) is 0.0588. The Kier molecular flexibility index (Phi) is 4.99. The molecule has 2 aromatic carbocycles. The Morgan fingerprint density at radius 2 is 1.87 bits per heavy atom. The number of hydrogen-bond donors (Lipinski definition) is 0. The van der Waals surface area contributed by atoms with E-state index < -0.39 is 10.9 Å². The van der Waals surface area contributed by atoms with Crippen molar-refractivity contribution in [3.63, 3.8) is 0 Å². The summed E-state index contributed by atoms with van der Waals surface area (Å²) in [4.78, 5) is 32.8. The molecule has 0 N–H and O–H groups in total. The molecule has 0 amide bonds. The molecule has 23 heavy (non-hydrogen) atoms. The normalized spacial score (nSPS) is 10.5. The van der Waals surface area contributed by atoms with Crippen molar-refractivity contribution in [3.05, 3.63) is 75.3 Å². The van der Waals surface area contributed by atoms with Gasteiger partial charge in [0.25, 0.3) is 5.69 Å². The molecule has 0 aliphatic heterocycles. The number of nitrogens with zero attached hydrogens (tertiary/aromatic N) is 1. The number of nitro groups is 1. The van der Waals surface area contributed by atoms with E-state index in [1.54, 1.807) is 6.08 Å². The number of nitro benzene ring substituents is 1. The summed E-state index contributed by atoms with van der Waals surface area (Å²) >= 11 is 0. The zero-order valence-electron chi connectivity index (χ0n) is 12.3. The molecule has 0 saturated heterocycles. The summed E-state index contributed by atoms with van der Waals surface area (Å²) in [5.74, 6) is -0.702. The van der Waals surface area contributed by atoms with Gasteiger partial charge in [0.1, 0.15) is 5.75 Å². The Hall–Kier alpha value is -3.28. The van der Waals surface area contributed by atoms with E-state index in [4.69, 9.17) is 4.74 Å². The van der Waals surface area contributed by atoms with Gasteiger partial charge < -0.3 is 4.74 Å². The summed E-state index contributed by atoms with van der Waals surface area (Å²) in [5.41, 5.74) is 1.62. The molecule has 0 aromatic heterocycles. The minimum atomic E-state index is -0.678. The van der Waals surface area contributed by atoms with Crippen LogP contribution in [0.4, 0.5) is 5.69 Å². The van der Waals surface area contributed by atoms with Crippen LogP contribution in [-0.4, -0.2) is 17.2 Å². The predicted molar refractivity (Wildman–Crippen MR) is 84.3 cm³/mol. The Balaban J connectivity index is 2.12. The first kappa shape index (κ1) is 16.1. The average molecular weight is 311 g/mol. The van der Waals surface area contributed by atoms with Gasteiger partial charge in [-0.1, -0.05) is 29.8 Å². The molecule has 6 heteroatoms. The van der Waals surface area contributed by atoms with E-state index >= 15 is 0 Å².